The summed E-state index contributed by atoms with van der Waals surface area (Å²) in [6.45, 7) is 5.24. The number of imidazole rings is 1. The predicted octanol–water partition coefficient (Wildman–Crippen LogP) is 4.04. The lowest BCUT2D eigenvalue weighted by Gasteiger charge is -2.13. The van der Waals surface area contributed by atoms with E-state index in [-0.39, 0.29) is 12.7 Å². The number of ether oxygens (including phenoxy) is 2. The summed E-state index contributed by atoms with van der Waals surface area (Å²) in [6, 6.07) is 9.60. The van der Waals surface area contributed by atoms with Crippen LogP contribution in [0.1, 0.15) is 24.0 Å². The van der Waals surface area contributed by atoms with Gasteiger partial charge in [0.2, 0.25) is 0 Å². The maximum absolute atomic E-state index is 9.58. The molecule has 0 amide bonds. The molecule has 0 saturated heterocycles. The van der Waals surface area contributed by atoms with E-state index in [4.69, 9.17) is 26.1 Å². The van der Waals surface area contributed by atoms with Crippen molar-refractivity contribution >= 4 is 11.6 Å². The quantitative estimate of drug-likeness (QED) is 0.699. The van der Waals surface area contributed by atoms with Crippen molar-refractivity contribution in [2.75, 3.05) is 13.7 Å². The number of rotatable bonds is 4. The zero-order valence-electron chi connectivity index (χ0n) is 16.8. The first kappa shape index (κ1) is 19.9. The van der Waals surface area contributed by atoms with Gasteiger partial charge in [-0.05, 0) is 44.2 Å². The van der Waals surface area contributed by atoms with E-state index in [9.17, 15) is 5.11 Å². The molecule has 29 heavy (non-hydrogen) atoms. The number of hydrogen-bond acceptors (Lipinski definition) is 5. The number of fused-ring (bicyclic) bond motifs is 1. The summed E-state index contributed by atoms with van der Waals surface area (Å²) in [6.07, 6.45) is 0.839. The van der Waals surface area contributed by atoms with Crippen LogP contribution in [0.2, 0.25) is 5.02 Å². The molecule has 1 aliphatic rings. The molecule has 0 fully saturated rings. The first-order valence-electron chi connectivity index (χ1n) is 9.64. The molecular weight excluding hydrogens is 390 g/mol. The van der Waals surface area contributed by atoms with Crippen LogP contribution in [-0.4, -0.2) is 39.5 Å². The summed E-state index contributed by atoms with van der Waals surface area (Å²) in [5, 5.41) is 10.1. The van der Waals surface area contributed by atoms with Crippen LogP contribution in [0, 0.1) is 6.92 Å². The summed E-state index contributed by atoms with van der Waals surface area (Å²) >= 11 is 6.23. The van der Waals surface area contributed by atoms with Gasteiger partial charge in [0.1, 0.15) is 11.6 Å². The number of hydrogen-bond donors (Lipinski definition) is 1. The minimum Gasteiger partial charge on any atom is -0.495 e. The van der Waals surface area contributed by atoms with E-state index in [2.05, 4.69) is 16.5 Å². The van der Waals surface area contributed by atoms with E-state index in [1.165, 1.54) is 0 Å². The van der Waals surface area contributed by atoms with E-state index in [1.54, 1.807) is 7.11 Å². The van der Waals surface area contributed by atoms with Gasteiger partial charge in [0.25, 0.3) is 0 Å². The second kappa shape index (κ2) is 8.14. The van der Waals surface area contributed by atoms with Gasteiger partial charge in [0.15, 0.2) is 0 Å². The van der Waals surface area contributed by atoms with E-state index in [0.717, 1.165) is 40.5 Å². The van der Waals surface area contributed by atoms with Crippen molar-refractivity contribution in [1.29, 1.82) is 0 Å². The van der Waals surface area contributed by atoms with Crippen molar-refractivity contribution in [1.82, 2.24) is 14.5 Å². The van der Waals surface area contributed by atoms with Gasteiger partial charge in [0.05, 0.1) is 49.4 Å². The van der Waals surface area contributed by atoms with Crippen LogP contribution in [0.15, 0.2) is 30.3 Å². The van der Waals surface area contributed by atoms with Gasteiger partial charge >= 0.3 is 0 Å². The average Bonchev–Trinajstić information content (AvgIpc) is 2.94. The normalized spacial score (nSPS) is 16.4. The lowest BCUT2D eigenvalue weighted by molar-refractivity contribution is 0.0666. The van der Waals surface area contributed by atoms with E-state index in [0.29, 0.717) is 29.6 Å². The number of aromatic nitrogens is 3. The van der Waals surface area contributed by atoms with Gasteiger partial charge in [-0.2, -0.15) is 0 Å². The Bertz CT molecular complexity index is 1050. The average molecular weight is 414 g/mol. The molecule has 1 unspecified atom stereocenters. The van der Waals surface area contributed by atoms with Gasteiger partial charge in [-0.3, -0.25) is 4.98 Å². The van der Waals surface area contributed by atoms with Crippen molar-refractivity contribution in [3.8, 4) is 28.4 Å². The molecule has 0 bridgehead atoms. The van der Waals surface area contributed by atoms with Gasteiger partial charge in [-0.1, -0.05) is 11.6 Å². The number of aliphatic hydroxyl groups excluding tert-OH is 1. The second-order valence-electron chi connectivity index (χ2n) is 7.27. The van der Waals surface area contributed by atoms with E-state index >= 15 is 0 Å². The Balaban J connectivity index is 1.92. The Labute approximate surface area is 175 Å². The van der Waals surface area contributed by atoms with E-state index in [1.807, 2.05) is 37.3 Å². The third-order valence-corrected chi connectivity index (χ3v) is 5.42. The molecule has 4 rings (SSSR count). The molecular formula is C22H24ClN3O3. The molecule has 3 heterocycles. The third kappa shape index (κ3) is 3.88. The summed E-state index contributed by atoms with van der Waals surface area (Å²) in [5.41, 5.74) is 5.38. The van der Waals surface area contributed by atoms with Crippen LogP contribution < -0.4 is 4.74 Å². The minimum atomic E-state index is -0.105. The first-order valence-corrected chi connectivity index (χ1v) is 10.0. The molecule has 1 atom stereocenters. The predicted molar refractivity (Wildman–Crippen MR) is 112 cm³/mol. The van der Waals surface area contributed by atoms with Gasteiger partial charge in [-0.15, -0.1) is 0 Å². The Kier molecular flexibility index (Phi) is 5.58. The monoisotopic (exact) mass is 413 g/mol. The Morgan fingerprint density at radius 3 is 2.83 bits per heavy atom. The number of nitrogens with zero attached hydrogens (tertiary/aromatic N) is 3. The number of methoxy groups -OCH3 is 1. The molecule has 6 nitrogen and oxygen atoms in total. The zero-order chi connectivity index (χ0) is 20.5. The summed E-state index contributed by atoms with van der Waals surface area (Å²) in [7, 11) is 1.61. The number of pyridine rings is 1. The standard InChI is InChI=1S/C22H24ClN3O3/c1-13-8-16(9-17(12-27)24-13)21-19-6-7-29-14(2)11-26(19)22(25-21)15-4-5-18(23)20(10-15)28-3/h4-5,8-10,14,27H,6-7,11-12H2,1-3H3. The highest BCUT2D eigenvalue weighted by Crippen LogP contribution is 2.35. The highest BCUT2D eigenvalue weighted by Gasteiger charge is 2.24. The van der Waals surface area contributed by atoms with Crippen molar-refractivity contribution in [2.45, 2.75) is 39.5 Å². The van der Waals surface area contributed by atoms with Gasteiger partial charge in [-0.25, -0.2) is 4.98 Å². The fourth-order valence-electron chi connectivity index (χ4n) is 3.81. The first-order chi connectivity index (χ1) is 14.0. The lowest BCUT2D eigenvalue weighted by Crippen LogP contribution is -2.15. The van der Waals surface area contributed by atoms with Gasteiger partial charge in [0, 0.05) is 28.9 Å². The number of aryl methyl sites for hydroxylation is 1. The smallest absolute Gasteiger partial charge is 0.141 e. The molecule has 7 heteroatoms. The fraction of sp³-hybridized carbons (Fsp3) is 0.364. The second-order valence-corrected chi connectivity index (χ2v) is 7.68. The summed E-state index contributed by atoms with van der Waals surface area (Å²) in [4.78, 5) is 9.41. The molecule has 1 aromatic carbocycles. The minimum absolute atomic E-state index is 0.0819. The summed E-state index contributed by atoms with van der Waals surface area (Å²) in [5.74, 6) is 1.46. The Hall–Kier alpha value is -2.41. The van der Waals surface area contributed by atoms with Crippen molar-refractivity contribution < 1.29 is 14.6 Å². The van der Waals surface area contributed by atoms with Crippen LogP contribution in [0.25, 0.3) is 22.6 Å². The third-order valence-electron chi connectivity index (χ3n) is 5.10. The molecule has 0 radical (unpaired) electrons. The van der Waals surface area contributed by atoms with Crippen LogP contribution in [-0.2, 0) is 24.3 Å². The van der Waals surface area contributed by atoms with Crippen LogP contribution in [0.5, 0.6) is 5.75 Å². The molecule has 0 saturated carbocycles. The summed E-state index contributed by atoms with van der Waals surface area (Å²) < 4.78 is 13.5. The van der Waals surface area contributed by atoms with Crippen LogP contribution in [0.4, 0.5) is 0 Å². The zero-order valence-corrected chi connectivity index (χ0v) is 17.5. The Morgan fingerprint density at radius 1 is 1.24 bits per heavy atom. The topological polar surface area (TPSA) is 69.4 Å². The maximum Gasteiger partial charge on any atom is 0.141 e. The highest BCUT2D eigenvalue weighted by atomic mass is 35.5. The molecule has 3 aromatic rings. The molecule has 0 aliphatic carbocycles. The molecule has 1 N–H and O–H groups in total. The fourth-order valence-corrected chi connectivity index (χ4v) is 4.00. The Morgan fingerprint density at radius 2 is 2.07 bits per heavy atom. The van der Waals surface area contributed by atoms with Gasteiger partial charge < -0.3 is 19.1 Å². The van der Waals surface area contributed by atoms with Crippen molar-refractivity contribution in [3.05, 3.63) is 52.4 Å². The van der Waals surface area contributed by atoms with Crippen LogP contribution in [0.3, 0.4) is 0 Å². The lowest BCUT2D eigenvalue weighted by atomic mass is 10.1. The van der Waals surface area contributed by atoms with Crippen molar-refractivity contribution in [2.24, 2.45) is 0 Å². The van der Waals surface area contributed by atoms with Crippen LogP contribution >= 0.6 is 11.6 Å². The molecule has 0 spiro atoms. The molecule has 152 valence electrons. The highest BCUT2D eigenvalue weighted by molar-refractivity contribution is 6.32. The largest absolute Gasteiger partial charge is 0.495 e. The molecule has 2 aromatic heterocycles. The maximum atomic E-state index is 9.58. The number of benzene rings is 1. The number of aliphatic hydroxyl groups is 1. The molecule has 1 aliphatic heterocycles. The number of halogens is 1. The SMILES string of the molecule is COc1cc(-c2nc(-c3cc(C)nc(CO)c3)c3n2CC(C)OCC3)ccc1Cl. The van der Waals surface area contributed by atoms with E-state index < -0.39 is 0 Å². The van der Waals surface area contributed by atoms with Crippen molar-refractivity contribution in [3.63, 3.8) is 0 Å².